The highest BCUT2D eigenvalue weighted by Gasteiger charge is 2.18. The molecule has 0 saturated heterocycles. The normalized spacial score (nSPS) is 13.7. The van der Waals surface area contributed by atoms with Gasteiger partial charge in [-0.15, -0.1) is 0 Å². The molecular weight excluding hydrogens is 283 g/mol. The van der Waals surface area contributed by atoms with Crippen molar-refractivity contribution in [1.82, 2.24) is 4.72 Å². The Morgan fingerprint density at radius 3 is 2.24 bits per heavy atom. The molecule has 0 unspecified atom stereocenters. The lowest BCUT2D eigenvalue weighted by Crippen LogP contribution is -2.37. The SMILES string of the molecule is Cc1c(Cl)cc(S(=O)(=O)N[C@@H](C)CN)cc1Cl. The van der Waals surface area contributed by atoms with E-state index in [0.717, 1.165) is 0 Å². The second kappa shape index (κ2) is 5.54. The summed E-state index contributed by atoms with van der Waals surface area (Å²) in [5, 5.41) is 0.636. The topological polar surface area (TPSA) is 72.2 Å². The highest BCUT2D eigenvalue weighted by Crippen LogP contribution is 2.27. The van der Waals surface area contributed by atoms with Crippen LogP contribution in [0.3, 0.4) is 0 Å². The van der Waals surface area contributed by atoms with E-state index in [1.807, 2.05) is 0 Å². The molecule has 7 heteroatoms. The molecule has 1 rings (SSSR count). The molecule has 1 aromatic carbocycles. The minimum Gasteiger partial charge on any atom is -0.329 e. The second-order valence-electron chi connectivity index (χ2n) is 3.77. The predicted molar refractivity (Wildman–Crippen MR) is 70.0 cm³/mol. The first-order valence-electron chi connectivity index (χ1n) is 4.96. The van der Waals surface area contributed by atoms with Gasteiger partial charge in [0.25, 0.3) is 0 Å². The fourth-order valence-corrected chi connectivity index (χ4v) is 3.08. The minimum atomic E-state index is -3.63. The highest BCUT2D eigenvalue weighted by atomic mass is 35.5. The maximum Gasteiger partial charge on any atom is 0.240 e. The number of hydrogen-bond acceptors (Lipinski definition) is 3. The molecule has 17 heavy (non-hydrogen) atoms. The molecule has 0 saturated carbocycles. The zero-order valence-corrected chi connectivity index (χ0v) is 11.8. The fourth-order valence-electron chi connectivity index (χ4n) is 1.16. The van der Waals surface area contributed by atoms with Gasteiger partial charge in [-0.1, -0.05) is 23.2 Å². The summed E-state index contributed by atoms with van der Waals surface area (Å²) in [6.45, 7) is 3.61. The molecule has 0 spiro atoms. The molecule has 4 nitrogen and oxygen atoms in total. The van der Waals surface area contributed by atoms with E-state index in [9.17, 15) is 8.42 Å². The maximum absolute atomic E-state index is 11.9. The van der Waals surface area contributed by atoms with Crippen LogP contribution in [0.4, 0.5) is 0 Å². The Hall–Kier alpha value is -0.330. The molecule has 96 valence electrons. The summed E-state index contributed by atoms with van der Waals surface area (Å²) in [5.41, 5.74) is 6.01. The van der Waals surface area contributed by atoms with Crippen LogP contribution < -0.4 is 10.5 Å². The molecule has 0 radical (unpaired) electrons. The molecule has 0 aliphatic rings. The van der Waals surface area contributed by atoms with Crippen LogP contribution in [0.2, 0.25) is 10.0 Å². The van der Waals surface area contributed by atoms with Crippen molar-refractivity contribution in [3.63, 3.8) is 0 Å². The first-order valence-corrected chi connectivity index (χ1v) is 7.20. The molecule has 0 fully saturated rings. The lowest BCUT2D eigenvalue weighted by molar-refractivity contribution is 0.562. The van der Waals surface area contributed by atoms with Gasteiger partial charge in [-0.05, 0) is 31.5 Å². The molecule has 0 aliphatic heterocycles. The van der Waals surface area contributed by atoms with Crippen molar-refractivity contribution < 1.29 is 8.42 Å². The second-order valence-corrected chi connectivity index (χ2v) is 6.30. The summed E-state index contributed by atoms with van der Waals surface area (Å²) in [4.78, 5) is 0.0402. The number of sulfonamides is 1. The Balaban J connectivity index is 3.16. The number of nitrogens with two attached hydrogens (primary N) is 1. The molecule has 0 aromatic heterocycles. The fraction of sp³-hybridized carbons (Fsp3) is 0.400. The van der Waals surface area contributed by atoms with Gasteiger partial charge in [-0.2, -0.15) is 0 Å². The monoisotopic (exact) mass is 296 g/mol. The lowest BCUT2D eigenvalue weighted by Gasteiger charge is -2.13. The van der Waals surface area contributed by atoms with Crippen LogP contribution in [-0.4, -0.2) is 21.0 Å². The van der Waals surface area contributed by atoms with E-state index in [-0.39, 0.29) is 17.5 Å². The molecular formula is C10H14Cl2N2O2S. The van der Waals surface area contributed by atoms with Gasteiger partial charge in [0.15, 0.2) is 0 Å². The third-order valence-corrected chi connectivity index (χ3v) is 4.63. The smallest absolute Gasteiger partial charge is 0.240 e. The van der Waals surface area contributed by atoms with Crippen LogP contribution >= 0.6 is 23.2 Å². The molecule has 1 atom stereocenters. The van der Waals surface area contributed by atoms with Crippen molar-refractivity contribution in [3.05, 3.63) is 27.7 Å². The number of hydrogen-bond donors (Lipinski definition) is 2. The van der Waals surface area contributed by atoms with Crippen molar-refractivity contribution in [2.24, 2.45) is 5.73 Å². The number of benzene rings is 1. The van der Waals surface area contributed by atoms with Crippen LogP contribution in [0.25, 0.3) is 0 Å². The van der Waals surface area contributed by atoms with E-state index in [1.54, 1.807) is 13.8 Å². The quantitative estimate of drug-likeness (QED) is 0.892. The third-order valence-electron chi connectivity index (χ3n) is 2.27. The van der Waals surface area contributed by atoms with Crippen molar-refractivity contribution in [1.29, 1.82) is 0 Å². The third kappa shape index (κ3) is 3.56. The summed E-state index contributed by atoms with van der Waals surface area (Å²) >= 11 is 11.8. The van der Waals surface area contributed by atoms with Gasteiger partial charge in [-0.3, -0.25) is 0 Å². The summed E-state index contributed by atoms with van der Waals surface area (Å²) in [6, 6.07) is 2.39. The highest BCUT2D eigenvalue weighted by molar-refractivity contribution is 7.89. The maximum atomic E-state index is 11.9. The van der Waals surface area contributed by atoms with E-state index in [4.69, 9.17) is 28.9 Å². The minimum absolute atomic E-state index is 0.0402. The molecule has 3 N–H and O–H groups in total. The Morgan fingerprint density at radius 2 is 1.82 bits per heavy atom. The first kappa shape index (κ1) is 14.7. The van der Waals surface area contributed by atoms with Gasteiger partial charge in [0.05, 0.1) is 4.90 Å². The zero-order valence-electron chi connectivity index (χ0n) is 9.50. The summed E-state index contributed by atoms with van der Waals surface area (Å²) in [7, 11) is -3.63. The van der Waals surface area contributed by atoms with Crippen LogP contribution in [0.1, 0.15) is 12.5 Å². The Labute approximate surface area is 111 Å². The predicted octanol–water partition coefficient (Wildman–Crippen LogP) is 1.93. The Kier molecular flexibility index (Phi) is 4.80. The van der Waals surface area contributed by atoms with E-state index in [0.29, 0.717) is 15.6 Å². The van der Waals surface area contributed by atoms with Gasteiger partial charge in [0, 0.05) is 22.6 Å². The van der Waals surface area contributed by atoms with Crippen molar-refractivity contribution in [2.45, 2.75) is 24.8 Å². The first-order chi connectivity index (χ1) is 7.77. The Bertz CT molecular complexity index is 494. The van der Waals surface area contributed by atoms with Crippen LogP contribution in [0, 0.1) is 6.92 Å². The zero-order chi connectivity index (χ0) is 13.2. The molecule has 0 aliphatic carbocycles. The van der Waals surface area contributed by atoms with E-state index in [2.05, 4.69) is 4.72 Å². The van der Waals surface area contributed by atoms with Crippen molar-refractivity contribution >= 4 is 33.2 Å². The van der Waals surface area contributed by atoms with Crippen LogP contribution in [0.15, 0.2) is 17.0 Å². The summed E-state index contributed by atoms with van der Waals surface area (Å²) in [5.74, 6) is 0. The van der Waals surface area contributed by atoms with E-state index >= 15 is 0 Å². The van der Waals surface area contributed by atoms with Gasteiger partial charge >= 0.3 is 0 Å². The van der Waals surface area contributed by atoms with Gasteiger partial charge in [-0.25, -0.2) is 13.1 Å². The molecule has 0 bridgehead atoms. The number of nitrogens with one attached hydrogen (secondary N) is 1. The molecule has 0 heterocycles. The number of rotatable bonds is 4. The summed E-state index contributed by atoms with van der Waals surface area (Å²) in [6.07, 6.45) is 0. The van der Waals surface area contributed by atoms with Gasteiger partial charge < -0.3 is 5.73 Å². The summed E-state index contributed by atoms with van der Waals surface area (Å²) < 4.78 is 26.3. The van der Waals surface area contributed by atoms with Gasteiger partial charge in [0.2, 0.25) is 10.0 Å². The van der Waals surface area contributed by atoms with Crippen LogP contribution in [0.5, 0.6) is 0 Å². The van der Waals surface area contributed by atoms with Gasteiger partial charge in [0.1, 0.15) is 0 Å². The Morgan fingerprint density at radius 1 is 1.35 bits per heavy atom. The van der Waals surface area contributed by atoms with E-state index < -0.39 is 10.0 Å². The molecule has 1 aromatic rings. The number of halogens is 2. The van der Waals surface area contributed by atoms with E-state index in [1.165, 1.54) is 12.1 Å². The van der Waals surface area contributed by atoms with Crippen molar-refractivity contribution in [3.8, 4) is 0 Å². The average Bonchev–Trinajstić information content (AvgIpc) is 2.24. The molecule has 0 amide bonds. The van der Waals surface area contributed by atoms with Crippen molar-refractivity contribution in [2.75, 3.05) is 6.54 Å². The average molecular weight is 297 g/mol. The lowest BCUT2D eigenvalue weighted by atomic mass is 10.2. The standard InChI is InChI=1S/C10H14Cl2N2O2S/c1-6(5-13)14-17(15,16)8-3-9(11)7(2)10(12)4-8/h3-4,6,14H,5,13H2,1-2H3/t6-/m0/s1. The van der Waals surface area contributed by atoms with Crippen LogP contribution in [-0.2, 0) is 10.0 Å². The largest absolute Gasteiger partial charge is 0.329 e.